The first-order valence-corrected chi connectivity index (χ1v) is 6.20. The van der Waals surface area contributed by atoms with Crippen LogP contribution in [0.1, 0.15) is 5.56 Å². The highest BCUT2D eigenvalue weighted by atomic mass is 127. The van der Waals surface area contributed by atoms with E-state index in [9.17, 15) is 0 Å². The molecule has 2 aromatic rings. The standard InChI is InChI=1S/C12H9ClINO/c13-11-7-6-10(14)12(15-11)16-8-9-4-2-1-3-5-9/h1-7H,8H2. The third-order valence-electron chi connectivity index (χ3n) is 2.00. The first-order chi connectivity index (χ1) is 7.75. The monoisotopic (exact) mass is 345 g/mol. The predicted molar refractivity (Wildman–Crippen MR) is 72.7 cm³/mol. The summed E-state index contributed by atoms with van der Waals surface area (Å²) >= 11 is 7.98. The molecule has 0 amide bonds. The third-order valence-corrected chi connectivity index (χ3v) is 3.03. The smallest absolute Gasteiger partial charge is 0.228 e. The zero-order chi connectivity index (χ0) is 11.4. The van der Waals surface area contributed by atoms with Crippen LogP contribution in [0.5, 0.6) is 5.88 Å². The maximum atomic E-state index is 5.80. The van der Waals surface area contributed by atoms with E-state index in [1.807, 2.05) is 36.4 Å². The Labute approximate surface area is 113 Å². The van der Waals surface area contributed by atoms with Crippen molar-refractivity contribution >= 4 is 34.2 Å². The quantitative estimate of drug-likeness (QED) is 0.621. The van der Waals surface area contributed by atoms with Gasteiger partial charge < -0.3 is 4.74 Å². The van der Waals surface area contributed by atoms with Crippen LogP contribution in [0.25, 0.3) is 0 Å². The minimum Gasteiger partial charge on any atom is -0.472 e. The van der Waals surface area contributed by atoms with Crippen molar-refractivity contribution in [2.24, 2.45) is 0 Å². The van der Waals surface area contributed by atoms with Crippen LogP contribution in [0.2, 0.25) is 5.15 Å². The van der Waals surface area contributed by atoms with Crippen LogP contribution in [0, 0.1) is 3.57 Å². The predicted octanol–water partition coefficient (Wildman–Crippen LogP) is 3.92. The number of nitrogens with zero attached hydrogens (tertiary/aromatic N) is 1. The molecule has 0 unspecified atom stereocenters. The zero-order valence-corrected chi connectivity index (χ0v) is 11.3. The van der Waals surface area contributed by atoms with Crippen LogP contribution in [0.3, 0.4) is 0 Å². The number of aromatic nitrogens is 1. The van der Waals surface area contributed by atoms with Crippen molar-refractivity contribution in [3.63, 3.8) is 0 Å². The molecule has 0 atom stereocenters. The Balaban J connectivity index is 2.08. The molecule has 0 fully saturated rings. The second-order valence-corrected chi connectivity index (χ2v) is 4.74. The Bertz CT molecular complexity index is 476. The van der Waals surface area contributed by atoms with Crippen LogP contribution in [-0.4, -0.2) is 4.98 Å². The molecule has 0 radical (unpaired) electrons. The molecule has 2 nitrogen and oxygen atoms in total. The number of benzene rings is 1. The molecule has 0 aliphatic carbocycles. The number of hydrogen-bond donors (Lipinski definition) is 0. The lowest BCUT2D eigenvalue weighted by Gasteiger charge is -2.07. The SMILES string of the molecule is Clc1ccc(I)c(OCc2ccccc2)n1. The maximum Gasteiger partial charge on any atom is 0.228 e. The van der Waals surface area contributed by atoms with Crippen molar-refractivity contribution in [2.75, 3.05) is 0 Å². The van der Waals surface area contributed by atoms with E-state index in [4.69, 9.17) is 16.3 Å². The summed E-state index contributed by atoms with van der Waals surface area (Å²) in [5, 5.41) is 0.448. The Morgan fingerprint density at radius 2 is 1.88 bits per heavy atom. The zero-order valence-electron chi connectivity index (χ0n) is 8.36. The molecular formula is C12H9ClINO. The Morgan fingerprint density at radius 3 is 2.62 bits per heavy atom. The van der Waals surface area contributed by atoms with Gasteiger partial charge >= 0.3 is 0 Å². The Kier molecular flexibility index (Phi) is 4.01. The molecule has 0 bridgehead atoms. The molecule has 0 N–H and O–H groups in total. The third kappa shape index (κ3) is 3.09. The maximum absolute atomic E-state index is 5.80. The Morgan fingerprint density at radius 1 is 1.12 bits per heavy atom. The molecule has 0 saturated carbocycles. The first kappa shape index (κ1) is 11.7. The van der Waals surface area contributed by atoms with Gasteiger partial charge in [0, 0.05) is 0 Å². The molecular weight excluding hydrogens is 336 g/mol. The van der Waals surface area contributed by atoms with Gasteiger partial charge in [0.05, 0.1) is 3.57 Å². The van der Waals surface area contributed by atoms with E-state index in [1.165, 1.54) is 0 Å². The van der Waals surface area contributed by atoms with Crippen LogP contribution in [-0.2, 0) is 6.61 Å². The fourth-order valence-corrected chi connectivity index (χ4v) is 1.82. The summed E-state index contributed by atoms with van der Waals surface area (Å²) < 4.78 is 6.56. The summed E-state index contributed by atoms with van der Waals surface area (Å²) in [4.78, 5) is 4.12. The summed E-state index contributed by atoms with van der Waals surface area (Å²) in [6, 6.07) is 13.6. The van der Waals surface area contributed by atoms with Crippen molar-refractivity contribution < 1.29 is 4.74 Å². The fourth-order valence-electron chi connectivity index (χ4n) is 1.23. The lowest BCUT2D eigenvalue weighted by Crippen LogP contribution is -1.98. The van der Waals surface area contributed by atoms with E-state index < -0.39 is 0 Å². The molecule has 0 saturated heterocycles. The number of hydrogen-bond acceptors (Lipinski definition) is 2. The van der Waals surface area contributed by atoms with E-state index in [2.05, 4.69) is 27.6 Å². The number of pyridine rings is 1. The summed E-state index contributed by atoms with van der Waals surface area (Å²) in [7, 11) is 0. The van der Waals surface area contributed by atoms with Gasteiger partial charge in [-0.25, -0.2) is 4.98 Å². The number of rotatable bonds is 3. The molecule has 1 aromatic carbocycles. The summed E-state index contributed by atoms with van der Waals surface area (Å²) in [6.07, 6.45) is 0. The lowest BCUT2D eigenvalue weighted by atomic mass is 10.2. The van der Waals surface area contributed by atoms with Crippen molar-refractivity contribution in [3.05, 3.63) is 56.8 Å². The normalized spacial score (nSPS) is 10.1. The van der Waals surface area contributed by atoms with Crippen molar-refractivity contribution in [3.8, 4) is 5.88 Å². The van der Waals surface area contributed by atoms with Crippen LogP contribution in [0.4, 0.5) is 0 Å². The van der Waals surface area contributed by atoms with Gasteiger partial charge in [0.2, 0.25) is 5.88 Å². The van der Waals surface area contributed by atoms with Crippen LogP contribution in [0.15, 0.2) is 42.5 Å². The number of ether oxygens (including phenoxy) is 1. The summed E-state index contributed by atoms with van der Waals surface area (Å²) in [5.74, 6) is 0.581. The molecule has 16 heavy (non-hydrogen) atoms. The van der Waals surface area contributed by atoms with Crippen LogP contribution < -0.4 is 4.74 Å². The van der Waals surface area contributed by atoms with E-state index >= 15 is 0 Å². The van der Waals surface area contributed by atoms with Gasteiger partial charge in [0.1, 0.15) is 11.8 Å². The summed E-state index contributed by atoms with van der Waals surface area (Å²) in [5.41, 5.74) is 1.11. The molecule has 82 valence electrons. The molecule has 1 heterocycles. The highest BCUT2D eigenvalue weighted by molar-refractivity contribution is 14.1. The van der Waals surface area contributed by atoms with Gasteiger partial charge in [-0.2, -0.15) is 0 Å². The second kappa shape index (κ2) is 5.50. The minimum absolute atomic E-state index is 0.448. The first-order valence-electron chi connectivity index (χ1n) is 4.74. The second-order valence-electron chi connectivity index (χ2n) is 3.20. The van der Waals surface area contributed by atoms with Gasteiger partial charge in [0.25, 0.3) is 0 Å². The highest BCUT2D eigenvalue weighted by Crippen LogP contribution is 2.21. The van der Waals surface area contributed by atoms with Gasteiger partial charge in [-0.15, -0.1) is 0 Å². The van der Waals surface area contributed by atoms with Gasteiger partial charge in [-0.1, -0.05) is 41.9 Å². The molecule has 2 rings (SSSR count). The molecule has 0 aliphatic heterocycles. The van der Waals surface area contributed by atoms with Crippen molar-refractivity contribution in [2.45, 2.75) is 6.61 Å². The lowest BCUT2D eigenvalue weighted by molar-refractivity contribution is 0.291. The van der Waals surface area contributed by atoms with Gasteiger partial charge in [0.15, 0.2) is 0 Å². The highest BCUT2D eigenvalue weighted by Gasteiger charge is 2.03. The number of halogens is 2. The van der Waals surface area contributed by atoms with E-state index in [0.717, 1.165) is 9.13 Å². The van der Waals surface area contributed by atoms with E-state index in [1.54, 1.807) is 6.07 Å². The van der Waals surface area contributed by atoms with Gasteiger partial charge in [-0.3, -0.25) is 0 Å². The minimum atomic E-state index is 0.448. The fraction of sp³-hybridized carbons (Fsp3) is 0.0833. The van der Waals surface area contributed by atoms with Crippen molar-refractivity contribution in [1.82, 2.24) is 4.98 Å². The largest absolute Gasteiger partial charge is 0.472 e. The van der Waals surface area contributed by atoms with Crippen LogP contribution >= 0.6 is 34.2 Å². The average Bonchev–Trinajstić information content (AvgIpc) is 2.32. The molecule has 1 aromatic heterocycles. The van der Waals surface area contributed by atoms with Crippen molar-refractivity contribution in [1.29, 1.82) is 0 Å². The molecule has 0 spiro atoms. The Hall–Kier alpha value is -0.810. The van der Waals surface area contributed by atoms with Gasteiger partial charge in [-0.05, 0) is 40.3 Å². The summed E-state index contributed by atoms with van der Waals surface area (Å²) in [6.45, 7) is 0.504. The van der Waals surface area contributed by atoms with E-state index in [0.29, 0.717) is 17.6 Å². The molecule has 4 heteroatoms. The molecule has 0 aliphatic rings. The topological polar surface area (TPSA) is 22.1 Å². The average molecular weight is 346 g/mol. The van der Waals surface area contributed by atoms with E-state index in [-0.39, 0.29) is 0 Å².